The summed E-state index contributed by atoms with van der Waals surface area (Å²) in [5.41, 5.74) is 7.43. The van der Waals surface area contributed by atoms with E-state index in [0.717, 1.165) is 13.0 Å². The maximum absolute atomic E-state index is 2.54. The van der Waals surface area contributed by atoms with Crippen molar-refractivity contribution >= 4 is 10.9 Å². The Kier molecular flexibility index (Phi) is 2.40. The first kappa shape index (κ1) is 12.5. The number of likely N-dealkylation sites (N-methyl/N-ethyl adjacent to an activating group) is 1. The van der Waals surface area contributed by atoms with Crippen LogP contribution >= 0.6 is 0 Å². The van der Waals surface area contributed by atoms with E-state index in [4.69, 9.17) is 0 Å². The average Bonchev–Trinajstić information content (AvgIpc) is 2.86. The van der Waals surface area contributed by atoms with Gasteiger partial charge in [-0.05, 0) is 41.8 Å². The predicted molar refractivity (Wildman–Crippen MR) is 90.2 cm³/mol. The predicted octanol–water partition coefficient (Wildman–Crippen LogP) is 3.68. The van der Waals surface area contributed by atoms with Crippen LogP contribution in [0.5, 0.6) is 0 Å². The lowest BCUT2D eigenvalue weighted by Crippen LogP contribution is -2.44. The third kappa shape index (κ3) is 1.48. The summed E-state index contributed by atoms with van der Waals surface area (Å²) < 4.78 is 2.29. The minimum atomic E-state index is 0.508. The molecule has 2 nitrogen and oxygen atoms in total. The SMILES string of the molecule is CN1Cc2ccccc2[C@@H]2c3cccc4c3c(cn4C)C[C@H]21. The van der Waals surface area contributed by atoms with Gasteiger partial charge in [-0.3, -0.25) is 4.90 Å². The fraction of sp³-hybridized carbons (Fsp3) is 0.300. The highest BCUT2D eigenvalue weighted by Crippen LogP contribution is 2.46. The van der Waals surface area contributed by atoms with Crippen LogP contribution in [0, 0.1) is 0 Å². The van der Waals surface area contributed by atoms with E-state index < -0.39 is 0 Å². The fourth-order valence-electron chi connectivity index (χ4n) is 4.69. The quantitative estimate of drug-likeness (QED) is 0.612. The molecule has 2 heterocycles. The number of rotatable bonds is 0. The molecule has 0 N–H and O–H groups in total. The maximum atomic E-state index is 2.54. The monoisotopic (exact) mass is 288 g/mol. The van der Waals surface area contributed by atoms with E-state index in [1.807, 2.05) is 0 Å². The van der Waals surface area contributed by atoms with Gasteiger partial charge in [0, 0.05) is 42.7 Å². The van der Waals surface area contributed by atoms with E-state index in [1.54, 1.807) is 0 Å². The minimum Gasteiger partial charge on any atom is -0.350 e. The lowest BCUT2D eigenvalue weighted by molar-refractivity contribution is 0.193. The molecule has 0 spiro atoms. The summed E-state index contributed by atoms with van der Waals surface area (Å²) in [5.74, 6) is 0.508. The van der Waals surface area contributed by atoms with Crippen molar-refractivity contribution in [2.75, 3.05) is 7.05 Å². The van der Waals surface area contributed by atoms with Gasteiger partial charge in [0.2, 0.25) is 0 Å². The molecule has 3 aromatic rings. The second kappa shape index (κ2) is 4.23. The summed E-state index contributed by atoms with van der Waals surface area (Å²) >= 11 is 0. The van der Waals surface area contributed by atoms with Gasteiger partial charge in [-0.2, -0.15) is 0 Å². The number of nitrogens with zero attached hydrogens (tertiary/aromatic N) is 2. The zero-order chi connectivity index (χ0) is 14.8. The number of hydrogen-bond donors (Lipinski definition) is 0. The van der Waals surface area contributed by atoms with Gasteiger partial charge in [0.15, 0.2) is 0 Å². The molecule has 0 saturated carbocycles. The zero-order valence-electron chi connectivity index (χ0n) is 13.1. The van der Waals surface area contributed by atoms with Gasteiger partial charge in [-0.1, -0.05) is 36.4 Å². The molecule has 0 amide bonds. The Morgan fingerprint density at radius 1 is 0.909 bits per heavy atom. The molecule has 0 radical (unpaired) electrons. The molecule has 1 aliphatic heterocycles. The maximum Gasteiger partial charge on any atom is 0.0483 e. The normalized spacial score (nSPS) is 23.4. The van der Waals surface area contributed by atoms with E-state index >= 15 is 0 Å². The Morgan fingerprint density at radius 2 is 1.73 bits per heavy atom. The number of aromatic nitrogens is 1. The summed E-state index contributed by atoms with van der Waals surface area (Å²) in [5, 5.41) is 1.50. The second-order valence-corrected chi connectivity index (χ2v) is 6.87. The smallest absolute Gasteiger partial charge is 0.0483 e. The van der Waals surface area contributed by atoms with Crippen molar-refractivity contribution in [3.63, 3.8) is 0 Å². The molecule has 2 aromatic carbocycles. The molecule has 110 valence electrons. The largest absolute Gasteiger partial charge is 0.350 e. The van der Waals surface area contributed by atoms with E-state index in [0.29, 0.717) is 12.0 Å². The van der Waals surface area contributed by atoms with E-state index in [9.17, 15) is 0 Å². The van der Waals surface area contributed by atoms with Crippen LogP contribution in [0.1, 0.15) is 28.2 Å². The third-order valence-electron chi connectivity index (χ3n) is 5.65. The van der Waals surface area contributed by atoms with Crippen LogP contribution in [-0.4, -0.2) is 22.6 Å². The van der Waals surface area contributed by atoms with Crippen molar-refractivity contribution in [2.45, 2.75) is 24.9 Å². The fourth-order valence-corrected chi connectivity index (χ4v) is 4.69. The highest BCUT2D eigenvalue weighted by atomic mass is 15.1. The van der Waals surface area contributed by atoms with Gasteiger partial charge in [0.25, 0.3) is 0 Å². The highest BCUT2D eigenvalue weighted by Gasteiger charge is 2.38. The van der Waals surface area contributed by atoms with Crippen molar-refractivity contribution < 1.29 is 0 Å². The summed E-state index contributed by atoms with van der Waals surface area (Å²) in [6.45, 7) is 1.06. The Morgan fingerprint density at radius 3 is 2.64 bits per heavy atom. The lowest BCUT2D eigenvalue weighted by atomic mass is 9.72. The summed E-state index contributed by atoms with van der Waals surface area (Å²) in [6, 6.07) is 16.4. The highest BCUT2D eigenvalue weighted by molar-refractivity contribution is 5.89. The van der Waals surface area contributed by atoms with Gasteiger partial charge in [-0.25, -0.2) is 0 Å². The van der Waals surface area contributed by atoms with Crippen LogP contribution in [0.4, 0.5) is 0 Å². The second-order valence-electron chi connectivity index (χ2n) is 6.87. The summed E-state index contributed by atoms with van der Waals surface area (Å²) in [6.07, 6.45) is 3.49. The van der Waals surface area contributed by atoms with Crippen LogP contribution in [0.3, 0.4) is 0 Å². The summed E-state index contributed by atoms with van der Waals surface area (Å²) in [4.78, 5) is 2.54. The van der Waals surface area contributed by atoms with Crippen molar-refractivity contribution in [2.24, 2.45) is 7.05 Å². The van der Waals surface area contributed by atoms with Gasteiger partial charge in [0.05, 0.1) is 0 Å². The molecule has 5 rings (SSSR count). The molecule has 1 aromatic heterocycles. The van der Waals surface area contributed by atoms with Crippen LogP contribution in [-0.2, 0) is 20.0 Å². The molecular formula is C20H20N2. The lowest BCUT2D eigenvalue weighted by Gasteiger charge is -2.43. The number of hydrogen-bond acceptors (Lipinski definition) is 1. The molecule has 2 aliphatic rings. The molecular weight excluding hydrogens is 268 g/mol. The number of fused-ring (bicyclic) bond motifs is 4. The van der Waals surface area contributed by atoms with Crippen molar-refractivity contribution in [3.8, 4) is 0 Å². The van der Waals surface area contributed by atoms with Gasteiger partial charge in [-0.15, -0.1) is 0 Å². The van der Waals surface area contributed by atoms with Gasteiger partial charge < -0.3 is 4.57 Å². The molecule has 2 atom stereocenters. The average molecular weight is 288 g/mol. The zero-order valence-corrected chi connectivity index (χ0v) is 13.1. The first-order valence-electron chi connectivity index (χ1n) is 8.09. The van der Waals surface area contributed by atoms with Crippen LogP contribution in [0.25, 0.3) is 10.9 Å². The van der Waals surface area contributed by atoms with Crippen molar-refractivity contribution in [1.82, 2.24) is 9.47 Å². The molecule has 0 unspecified atom stereocenters. The Balaban J connectivity index is 1.85. The molecule has 22 heavy (non-hydrogen) atoms. The number of benzene rings is 2. The molecule has 0 saturated heterocycles. The van der Waals surface area contributed by atoms with Crippen molar-refractivity contribution in [1.29, 1.82) is 0 Å². The Hall–Kier alpha value is -2.06. The van der Waals surface area contributed by atoms with Gasteiger partial charge in [0.1, 0.15) is 0 Å². The van der Waals surface area contributed by atoms with Crippen LogP contribution < -0.4 is 0 Å². The van der Waals surface area contributed by atoms with Gasteiger partial charge >= 0.3 is 0 Å². The first-order valence-corrected chi connectivity index (χ1v) is 8.09. The molecule has 2 heteroatoms. The van der Waals surface area contributed by atoms with Crippen LogP contribution in [0.15, 0.2) is 48.7 Å². The standard InChI is InChI=1S/C20H20N2/c1-21-12-14-10-18-20(16-8-5-9-17(21)19(14)16)15-7-4-3-6-13(15)11-22(18)2/h3-9,12,18,20H,10-11H2,1-2H3/t18-,20-/m1/s1. The summed E-state index contributed by atoms with van der Waals surface area (Å²) in [7, 11) is 4.45. The van der Waals surface area contributed by atoms with E-state index in [1.165, 1.54) is 33.2 Å². The van der Waals surface area contributed by atoms with Crippen molar-refractivity contribution in [3.05, 3.63) is 70.9 Å². The molecule has 0 bridgehead atoms. The van der Waals surface area contributed by atoms with Crippen LogP contribution in [0.2, 0.25) is 0 Å². The Bertz CT molecular complexity index is 890. The number of aryl methyl sites for hydroxylation is 1. The molecule has 0 fully saturated rings. The van der Waals surface area contributed by atoms with E-state index in [2.05, 4.69) is 72.2 Å². The molecule has 1 aliphatic carbocycles. The Labute approximate surface area is 131 Å². The van der Waals surface area contributed by atoms with E-state index in [-0.39, 0.29) is 0 Å². The topological polar surface area (TPSA) is 8.17 Å². The first-order chi connectivity index (χ1) is 10.7. The third-order valence-corrected chi connectivity index (χ3v) is 5.65. The minimum absolute atomic E-state index is 0.508.